The number of hydrogen-bond acceptors (Lipinski definition) is 4. The summed E-state index contributed by atoms with van der Waals surface area (Å²) >= 11 is 0. The van der Waals surface area contributed by atoms with Gasteiger partial charge >= 0.3 is 12.0 Å². The Balaban J connectivity index is 2.42. The van der Waals surface area contributed by atoms with Crippen molar-refractivity contribution in [1.82, 2.24) is 15.1 Å². The monoisotopic (exact) mass is 297 g/mol. The molecule has 0 aliphatic rings. The molecule has 1 heterocycles. The molecule has 0 saturated carbocycles. The number of amides is 2. The molecule has 21 heavy (non-hydrogen) atoms. The minimum atomic E-state index is -1.03. The molecule has 0 aliphatic heterocycles. The maximum Gasteiger partial charge on any atom is 0.339 e. The number of urea groups is 1. The van der Waals surface area contributed by atoms with E-state index in [1.807, 2.05) is 14.1 Å². The molecule has 0 aromatic carbocycles. The predicted molar refractivity (Wildman–Crippen MR) is 78.4 cm³/mol. The number of carbonyl (C=O) groups excluding carboxylic acids is 1. The van der Waals surface area contributed by atoms with Gasteiger partial charge in [0.1, 0.15) is 17.1 Å². The number of carboxylic acid groups (broad SMARTS) is 1. The van der Waals surface area contributed by atoms with Crippen LogP contribution < -0.4 is 5.32 Å². The van der Waals surface area contributed by atoms with Crippen LogP contribution in [0.2, 0.25) is 0 Å². The molecule has 1 rings (SSSR count). The Labute approximate surface area is 124 Å². The largest absolute Gasteiger partial charge is 0.478 e. The number of carbonyl (C=O) groups is 2. The Morgan fingerprint density at radius 2 is 1.95 bits per heavy atom. The van der Waals surface area contributed by atoms with Crippen molar-refractivity contribution in [2.45, 2.75) is 19.9 Å². The molecule has 7 heteroatoms. The van der Waals surface area contributed by atoms with Crippen molar-refractivity contribution < 1.29 is 19.1 Å². The summed E-state index contributed by atoms with van der Waals surface area (Å²) in [5, 5.41) is 11.6. The van der Waals surface area contributed by atoms with Gasteiger partial charge in [-0.2, -0.15) is 0 Å². The van der Waals surface area contributed by atoms with Crippen molar-refractivity contribution in [2.24, 2.45) is 0 Å². The lowest BCUT2D eigenvalue weighted by molar-refractivity contribution is 0.0695. The molecule has 0 fully saturated rings. The van der Waals surface area contributed by atoms with Gasteiger partial charge in [0, 0.05) is 13.6 Å². The Morgan fingerprint density at radius 3 is 2.48 bits per heavy atom. The van der Waals surface area contributed by atoms with E-state index in [9.17, 15) is 9.59 Å². The zero-order valence-corrected chi connectivity index (χ0v) is 13.0. The van der Waals surface area contributed by atoms with Crippen molar-refractivity contribution in [3.8, 4) is 0 Å². The second kappa shape index (κ2) is 7.68. The molecule has 0 radical (unpaired) electrons. The Morgan fingerprint density at radius 1 is 1.29 bits per heavy atom. The first-order chi connectivity index (χ1) is 9.81. The summed E-state index contributed by atoms with van der Waals surface area (Å²) in [6.07, 6.45) is 0.889. The van der Waals surface area contributed by atoms with E-state index in [4.69, 9.17) is 9.52 Å². The van der Waals surface area contributed by atoms with E-state index < -0.39 is 5.97 Å². The lowest BCUT2D eigenvalue weighted by Crippen LogP contribution is -2.38. The van der Waals surface area contributed by atoms with Crippen LogP contribution in [0.25, 0.3) is 0 Å². The predicted octanol–water partition coefficient (Wildman–Crippen LogP) is 1.38. The van der Waals surface area contributed by atoms with E-state index in [-0.39, 0.29) is 18.1 Å². The summed E-state index contributed by atoms with van der Waals surface area (Å²) in [4.78, 5) is 26.4. The van der Waals surface area contributed by atoms with E-state index in [1.54, 1.807) is 18.9 Å². The SMILES string of the molecule is Cc1oc(CNC(=O)N(C)CCCN(C)C)cc1C(=O)O. The van der Waals surface area contributed by atoms with Crippen molar-refractivity contribution in [3.63, 3.8) is 0 Å². The molecular formula is C14H23N3O4. The van der Waals surface area contributed by atoms with Gasteiger partial charge in [-0.15, -0.1) is 0 Å². The van der Waals surface area contributed by atoms with E-state index >= 15 is 0 Å². The molecule has 118 valence electrons. The summed E-state index contributed by atoms with van der Waals surface area (Å²) in [5.41, 5.74) is 0.124. The highest BCUT2D eigenvalue weighted by molar-refractivity contribution is 5.88. The normalized spacial score (nSPS) is 10.7. The van der Waals surface area contributed by atoms with Gasteiger partial charge in [0.05, 0.1) is 6.54 Å². The van der Waals surface area contributed by atoms with E-state index in [0.29, 0.717) is 18.1 Å². The average molecular weight is 297 g/mol. The zero-order valence-electron chi connectivity index (χ0n) is 13.0. The second-order valence-corrected chi connectivity index (χ2v) is 5.22. The van der Waals surface area contributed by atoms with Gasteiger partial charge in [-0.05, 0) is 40.1 Å². The Kier molecular flexibility index (Phi) is 6.23. The van der Waals surface area contributed by atoms with Gasteiger partial charge in [-0.3, -0.25) is 0 Å². The molecule has 7 nitrogen and oxygen atoms in total. The Bertz CT molecular complexity index is 496. The molecule has 2 N–H and O–H groups in total. The van der Waals surface area contributed by atoms with Gasteiger partial charge in [0.25, 0.3) is 0 Å². The number of furan rings is 1. The van der Waals surface area contributed by atoms with Gasteiger partial charge < -0.3 is 24.6 Å². The maximum atomic E-state index is 11.9. The van der Waals surface area contributed by atoms with Crippen LogP contribution in [0.4, 0.5) is 4.79 Å². The third-order valence-corrected chi connectivity index (χ3v) is 3.06. The smallest absolute Gasteiger partial charge is 0.339 e. The summed E-state index contributed by atoms with van der Waals surface area (Å²) in [7, 11) is 5.69. The van der Waals surface area contributed by atoms with Crippen LogP contribution in [-0.4, -0.2) is 61.1 Å². The number of carboxylic acids is 1. The quantitative estimate of drug-likeness (QED) is 0.794. The molecule has 1 aromatic rings. The van der Waals surface area contributed by atoms with Crippen molar-refractivity contribution >= 4 is 12.0 Å². The van der Waals surface area contributed by atoms with Crippen molar-refractivity contribution in [2.75, 3.05) is 34.2 Å². The third kappa shape index (κ3) is 5.47. The standard InChI is InChI=1S/C14H23N3O4/c1-10-12(13(18)19)8-11(21-10)9-15-14(20)17(4)7-5-6-16(2)3/h8H,5-7,9H2,1-4H3,(H,15,20)(H,18,19). The summed E-state index contributed by atoms with van der Waals surface area (Å²) in [6.45, 7) is 3.33. The van der Waals surface area contributed by atoms with Gasteiger partial charge in [0.15, 0.2) is 0 Å². The van der Waals surface area contributed by atoms with E-state index in [0.717, 1.165) is 13.0 Å². The first-order valence-electron chi connectivity index (χ1n) is 6.77. The molecule has 2 amide bonds. The molecule has 0 bridgehead atoms. The molecule has 0 atom stereocenters. The summed E-state index contributed by atoms with van der Waals surface area (Å²) < 4.78 is 5.30. The topological polar surface area (TPSA) is 86.0 Å². The van der Waals surface area contributed by atoms with Gasteiger partial charge in [0.2, 0.25) is 0 Å². The van der Waals surface area contributed by atoms with Crippen LogP contribution in [0.5, 0.6) is 0 Å². The molecular weight excluding hydrogens is 274 g/mol. The van der Waals surface area contributed by atoms with Gasteiger partial charge in [-0.1, -0.05) is 0 Å². The number of nitrogens with one attached hydrogen (secondary N) is 1. The highest BCUT2D eigenvalue weighted by atomic mass is 16.4. The molecule has 0 unspecified atom stereocenters. The Hall–Kier alpha value is -2.02. The molecule has 0 aliphatic carbocycles. The second-order valence-electron chi connectivity index (χ2n) is 5.22. The van der Waals surface area contributed by atoms with Crippen LogP contribution in [0.3, 0.4) is 0 Å². The van der Waals surface area contributed by atoms with Crippen molar-refractivity contribution in [1.29, 1.82) is 0 Å². The lowest BCUT2D eigenvalue weighted by Gasteiger charge is -2.18. The third-order valence-electron chi connectivity index (χ3n) is 3.06. The molecule has 0 saturated heterocycles. The highest BCUT2D eigenvalue weighted by Crippen LogP contribution is 2.14. The van der Waals surface area contributed by atoms with Crippen LogP contribution in [0, 0.1) is 6.92 Å². The number of nitrogens with zero attached hydrogens (tertiary/aromatic N) is 2. The van der Waals surface area contributed by atoms with Crippen molar-refractivity contribution in [3.05, 3.63) is 23.2 Å². The summed E-state index contributed by atoms with van der Waals surface area (Å²) in [5.74, 6) is -0.263. The highest BCUT2D eigenvalue weighted by Gasteiger charge is 2.15. The fourth-order valence-electron chi connectivity index (χ4n) is 1.87. The molecule has 0 spiro atoms. The maximum absolute atomic E-state index is 11.9. The minimum Gasteiger partial charge on any atom is -0.478 e. The van der Waals surface area contributed by atoms with E-state index in [2.05, 4.69) is 10.2 Å². The number of aromatic carboxylic acids is 1. The fourth-order valence-corrected chi connectivity index (χ4v) is 1.87. The number of hydrogen-bond donors (Lipinski definition) is 2. The van der Waals surface area contributed by atoms with Gasteiger partial charge in [-0.25, -0.2) is 9.59 Å². The minimum absolute atomic E-state index is 0.124. The first kappa shape index (κ1) is 17.0. The molecule has 1 aromatic heterocycles. The first-order valence-corrected chi connectivity index (χ1v) is 6.77. The zero-order chi connectivity index (χ0) is 16.0. The number of rotatable bonds is 7. The van der Waals surface area contributed by atoms with Crippen LogP contribution in [-0.2, 0) is 6.54 Å². The van der Waals surface area contributed by atoms with Crippen LogP contribution >= 0.6 is 0 Å². The fraction of sp³-hybridized carbons (Fsp3) is 0.571. The van der Waals surface area contributed by atoms with E-state index in [1.165, 1.54) is 6.07 Å². The summed E-state index contributed by atoms with van der Waals surface area (Å²) in [6, 6.07) is 1.23. The van der Waals surface area contributed by atoms with Crippen LogP contribution in [0.15, 0.2) is 10.5 Å². The average Bonchev–Trinajstić information content (AvgIpc) is 2.76. The van der Waals surface area contributed by atoms with Crippen LogP contribution in [0.1, 0.15) is 28.3 Å². The lowest BCUT2D eigenvalue weighted by atomic mass is 10.2. The number of aryl methyl sites for hydroxylation is 1.